The molecule has 0 radical (unpaired) electrons. The van der Waals surface area contributed by atoms with Gasteiger partial charge in [-0.25, -0.2) is 4.98 Å². The Bertz CT molecular complexity index is 1070. The molecular formula is C22H20ClF3N4O. The van der Waals surface area contributed by atoms with Crippen molar-refractivity contribution in [2.24, 2.45) is 0 Å². The molecule has 0 spiro atoms. The summed E-state index contributed by atoms with van der Waals surface area (Å²) in [4.78, 5) is 15.5. The van der Waals surface area contributed by atoms with Crippen LogP contribution in [0.1, 0.15) is 19.4 Å². The highest BCUT2D eigenvalue weighted by Gasteiger charge is 2.30. The molecule has 0 N–H and O–H groups in total. The molecule has 1 aliphatic rings. The molecular weight excluding hydrogens is 429 g/mol. The number of hydrogen-bond donors (Lipinski definition) is 0. The van der Waals surface area contributed by atoms with Crippen molar-refractivity contribution in [2.75, 3.05) is 18.0 Å². The summed E-state index contributed by atoms with van der Waals surface area (Å²) in [6, 6.07) is 6.57. The molecule has 0 bridgehead atoms. The molecule has 3 heterocycles. The number of halogens is 4. The van der Waals surface area contributed by atoms with Crippen molar-refractivity contribution in [3.63, 3.8) is 0 Å². The van der Waals surface area contributed by atoms with Crippen LogP contribution in [-0.2, 0) is 10.9 Å². The van der Waals surface area contributed by atoms with E-state index in [2.05, 4.69) is 14.9 Å². The fourth-order valence-electron chi connectivity index (χ4n) is 3.68. The van der Waals surface area contributed by atoms with Crippen molar-refractivity contribution in [2.45, 2.75) is 32.2 Å². The third kappa shape index (κ3) is 4.65. The maximum atomic E-state index is 13.0. The van der Waals surface area contributed by atoms with Crippen molar-refractivity contribution in [1.82, 2.24) is 15.0 Å². The summed E-state index contributed by atoms with van der Waals surface area (Å²) in [5.74, 6) is 0.653. The Labute approximate surface area is 182 Å². The van der Waals surface area contributed by atoms with Gasteiger partial charge in [0.1, 0.15) is 11.5 Å². The zero-order chi connectivity index (χ0) is 22.2. The summed E-state index contributed by atoms with van der Waals surface area (Å²) in [6.07, 6.45) is 0.387. The fourth-order valence-corrected chi connectivity index (χ4v) is 3.89. The first-order valence-electron chi connectivity index (χ1n) is 9.77. The predicted octanol–water partition coefficient (Wildman–Crippen LogP) is 5.49. The fraction of sp³-hybridized carbons (Fsp3) is 0.318. The first-order chi connectivity index (χ1) is 14.7. The van der Waals surface area contributed by atoms with E-state index >= 15 is 0 Å². The monoisotopic (exact) mass is 448 g/mol. The second kappa shape index (κ2) is 8.43. The number of benzene rings is 1. The standard InChI is InChI=1S/C22H20ClF3N4O/c1-13-11-30(12-14(2)31-13)19-10-28-20(15-3-5-16(6-4-15)22(24,25)26)21(29-19)17-7-8-27-9-18(17)23/h3-10,13-14H,11-12H2,1-2H3/t13-,14-/m0/s1. The van der Waals surface area contributed by atoms with Crippen LogP contribution in [0.15, 0.2) is 48.9 Å². The minimum Gasteiger partial charge on any atom is -0.372 e. The molecule has 162 valence electrons. The van der Waals surface area contributed by atoms with Crippen LogP contribution >= 0.6 is 11.6 Å². The lowest BCUT2D eigenvalue weighted by atomic mass is 10.0. The SMILES string of the molecule is C[C@H]1CN(c2cnc(-c3ccc(C(F)(F)F)cc3)c(-c3ccncc3Cl)n2)C[C@H](C)O1. The first kappa shape index (κ1) is 21.5. The van der Waals surface area contributed by atoms with Gasteiger partial charge in [-0.15, -0.1) is 0 Å². The van der Waals surface area contributed by atoms with Crippen molar-refractivity contribution in [1.29, 1.82) is 0 Å². The van der Waals surface area contributed by atoms with Gasteiger partial charge in [0, 0.05) is 36.6 Å². The zero-order valence-corrected chi connectivity index (χ0v) is 17.7. The third-order valence-electron chi connectivity index (χ3n) is 5.02. The van der Waals surface area contributed by atoms with E-state index < -0.39 is 11.7 Å². The molecule has 0 amide bonds. The van der Waals surface area contributed by atoms with Crippen LogP contribution in [0.5, 0.6) is 0 Å². The summed E-state index contributed by atoms with van der Waals surface area (Å²) in [5, 5.41) is 0.380. The lowest BCUT2D eigenvalue weighted by Crippen LogP contribution is -2.45. The van der Waals surface area contributed by atoms with Gasteiger partial charge in [0.25, 0.3) is 0 Å². The average Bonchev–Trinajstić information content (AvgIpc) is 2.72. The Morgan fingerprint density at radius 3 is 2.29 bits per heavy atom. The summed E-state index contributed by atoms with van der Waals surface area (Å²) >= 11 is 6.38. The number of morpholine rings is 1. The van der Waals surface area contributed by atoms with Crippen molar-refractivity contribution in [3.05, 3.63) is 59.5 Å². The van der Waals surface area contributed by atoms with Gasteiger partial charge >= 0.3 is 6.18 Å². The van der Waals surface area contributed by atoms with E-state index in [1.807, 2.05) is 13.8 Å². The number of ether oxygens (including phenoxy) is 1. The van der Waals surface area contributed by atoms with Crippen LogP contribution in [0.25, 0.3) is 22.5 Å². The molecule has 2 aromatic heterocycles. The van der Waals surface area contributed by atoms with E-state index in [9.17, 15) is 13.2 Å². The molecule has 0 unspecified atom stereocenters. The molecule has 1 aromatic carbocycles. The summed E-state index contributed by atoms with van der Waals surface area (Å²) in [7, 11) is 0. The van der Waals surface area contributed by atoms with Crippen LogP contribution in [0.3, 0.4) is 0 Å². The van der Waals surface area contributed by atoms with Crippen LogP contribution in [0, 0.1) is 0 Å². The average molecular weight is 449 g/mol. The van der Waals surface area contributed by atoms with E-state index in [4.69, 9.17) is 21.3 Å². The molecule has 0 saturated carbocycles. The maximum absolute atomic E-state index is 13.0. The number of rotatable bonds is 3. The molecule has 0 aliphatic carbocycles. The predicted molar refractivity (Wildman–Crippen MR) is 113 cm³/mol. The molecule has 5 nitrogen and oxygen atoms in total. The van der Waals surface area contributed by atoms with Crippen LogP contribution in [0.4, 0.5) is 19.0 Å². The Hall–Kier alpha value is -2.71. The van der Waals surface area contributed by atoms with Crippen LogP contribution in [-0.4, -0.2) is 40.2 Å². The molecule has 3 aromatic rings. The first-order valence-corrected chi connectivity index (χ1v) is 10.1. The zero-order valence-electron chi connectivity index (χ0n) is 16.9. The third-order valence-corrected chi connectivity index (χ3v) is 5.32. The van der Waals surface area contributed by atoms with E-state index in [-0.39, 0.29) is 12.2 Å². The number of alkyl halides is 3. The molecule has 4 rings (SSSR count). The number of aromatic nitrogens is 3. The lowest BCUT2D eigenvalue weighted by molar-refractivity contribution is -0.137. The van der Waals surface area contributed by atoms with Gasteiger partial charge in [-0.05, 0) is 32.0 Å². The van der Waals surface area contributed by atoms with Gasteiger partial charge in [-0.2, -0.15) is 13.2 Å². The van der Waals surface area contributed by atoms with E-state index in [0.717, 1.165) is 12.1 Å². The largest absolute Gasteiger partial charge is 0.416 e. The normalized spacial score (nSPS) is 19.5. The second-order valence-corrected chi connectivity index (χ2v) is 7.93. The van der Waals surface area contributed by atoms with Gasteiger partial charge in [0.05, 0.1) is 34.7 Å². The van der Waals surface area contributed by atoms with Gasteiger partial charge in [-0.1, -0.05) is 23.7 Å². The maximum Gasteiger partial charge on any atom is 0.416 e. The van der Waals surface area contributed by atoms with E-state index in [1.54, 1.807) is 18.5 Å². The van der Waals surface area contributed by atoms with Crippen LogP contribution < -0.4 is 4.90 Å². The molecule has 31 heavy (non-hydrogen) atoms. The second-order valence-electron chi connectivity index (χ2n) is 7.52. The highest BCUT2D eigenvalue weighted by Crippen LogP contribution is 2.36. The topological polar surface area (TPSA) is 51.1 Å². The lowest BCUT2D eigenvalue weighted by Gasteiger charge is -2.36. The Kier molecular flexibility index (Phi) is 5.85. The van der Waals surface area contributed by atoms with E-state index in [0.29, 0.717) is 46.4 Å². The molecule has 1 fully saturated rings. The molecule has 9 heteroatoms. The smallest absolute Gasteiger partial charge is 0.372 e. The van der Waals surface area contributed by atoms with Gasteiger partial charge < -0.3 is 9.64 Å². The Morgan fingerprint density at radius 1 is 1.00 bits per heavy atom. The van der Waals surface area contributed by atoms with E-state index in [1.165, 1.54) is 18.3 Å². The summed E-state index contributed by atoms with van der Waals surface area (Å²) < 4.78 is 44.7. The highest BCUT2D eigenvalue weighted by atomic mass is 35.5. The Morgan fingerprint density at radius 2 is 1.68 bits per heavy atom. The van der Waals surface area contributed by atoms with Gasteiger partial charge in [0.15, 0.2) is 0 Å². The van der Waals surface area contributed by atoms with Crippen molar-refractivity contribution in [3.8, 4) is 22.5 Å². The van der Waals surface area contributed by atoms with Gasteiger partial charge in [0.2, 0.25) is 0 Å². The number of anilines is 1. The van der Waals surface area contributed by atoms with Gasteiger partial charge in [-0.3, -0.25) is 9.97 Å². The number of nitrogens with zero attached hydrogens (tertiary/aromatic N) is 4. The number of hydrogen-bond acceptors (Lipinski definition) is 5. The summed E-state index contributed by atoms with van der Waals surface area (Å²) in [5.41, 5.74) is 1.32. The van der Waals surface area contributed by atoms with Crippen LogP contribution in [0.2, 0.25) is 5.02 Å². The van der Waals surface area contributed by atoms with Crippen molar-refractivity contribution >= 4 is 17.4 Å². The molecule has 1 aliphatic heterocycles. The minimum absolute atomic E-state index is 0.0353. The number of pyridine rings is 1. The molecule has 2 atom stereocenters. The minimum atomic E-state index is -4.41. The summed E-state index contributed by atoms with van der Waals surface area (Å²) in [6.45, 7) is 5.30. The Balaban J connectivity index is 1.81. The van der Waals surface area contributed by atoms with Crippen molar-refractivity contribution < 1.29 is 17.9 Å². The quantitative estimate of drug-likeness (QED) is 0.530. The molecule has 1 saturated heterocycles. The highest BCUT2D eigenvalue weighted by molar-refractivity contribution is 6.33.